The molecule has 22 heavy (non-hydrogen) atoms. The van der Waals surface area contributed by atoms with Crippen LogP contribution in [0.15, 0.2) is 18.2 Å². The first-order valence-corrected chi connectivity index (χ1v) is 6.99. The van der Waals surface area contributed by atoms with Gasteiger partial charge in [-0.2, -0.15) is 0 Å². The van der Waals surface area contributed by atoms with E-state index >= 15 is 0 Å². The first-order valence-electron chi connectivity index (χ1n) is 6.99. The standard InChI is InChI=1S/C15H20F2N2O2.ClH/c1-21-10-15(4-6-18-7-5-15)9-19-14(20)11-2-3-12(16)13(17)8-11;/h2-3,8,18H,4-7,9-10H2,1H3,(H,19,20);1H. The third-order valence-corrected chi connectivity index (χ3v) is 3.92. The van der Waals surface area contributed by atoms with Crippen molar-refractivity contribution in [1.82, 2.24) is 10.6 Å². The average Bonchev–Trinajstić information content (AvgIpc) is 2.49. The zero-order valence-corrected chi connectivity index (χ0v) is 13.3. The van der Waals surface area contributed by atoms with Crippen molar-refractivity contribution < 1.29 is 18.3 Å². The number of piperidine rings is 1. The van der Waals surface area contributed by atoms with Gasteiger partial charge in [0.05, 0.1) is 6.61 Å². The Morgan fingerprint density at radius 2 is 2.00 bits per heavy atom. The molecule has 0 bridgehead atoms. The van der Waals surface area contributed by atoms with Crippen LogP contribution in [-0.2, 0) is 4.74 Å². The van der Waals surface area contributed by atoms with Gasteiger partial charge in [-0.1, -0.05) is 0 Å². The first kappa shape index (κ1) is 18.8. The quantitative estimate of drug-likeness (QED) is 0.867. The molecule has 0 saturated carbocycles. The molecule has 124 valence electrons. The Morgan fingerprint density at radius 1 is 1.32 bits per heavy atom. The fourth-order valence-corrected chi connectivity index (χ4v) is 2.64. The van der Waals surface area contributed by atoms with Crippen LogP contribution in [0.3, 0.4) is 0 Å². The molecule has 0 atom stereocenters. The molecule has 1 aromatic carbocycles. The molecule has 1 heterocycles. The van der Waals surface area contributed by atoms with E-state index in [0.717, 1.165) is 38.1 Å². The Labute approximate surface area is 135 Å². The average molecular weight is 335 g/mol. The highest BCUT2D eigenvalue weighted by molar-refractivity contribution is 5.94. The molecule has 0 aliphatic carbocycles. The molecule has 0 spiro atoms. The lowest BCUT2D eigenvalue weighted by Gasteiger charge is -2.37. The molecule has 1 aromatic rings. The van der Waals surface area contributed by atoms with Crippen molar-refractivity contribution in [3.63, 3.8) is 0 Å². The zero-order valence-electron chi connectivity index (χ0n) is 12.5. The van der Waals surface area contributed by atoms with Crippen LogP contribution in [0.5, 0.6) is 0 Å². The van der Waals surface area contributed by atoms with Gasteiger partial charge in [-0.3, -0.25) is 4.79 Å². The van der Waals surface area contributed by atoms with Gasteiger partial charge in [0.25, 0.3) is 5.91 Å². The van der Waals surface area contributed by atoms with Crippen LogP contribution >= 0.6 is 12.4 Å². The second kappa shape index (κ2) is 8.41. The summed E-state index contributed by atoms with van der Waals surface area (Å²) in [5.74, 6) is -2.38. The molecule has 2 rings (SSSR count). The molecular formula is C15H21ClF2N2O2. The Bertz CT molecular complexity index is 503. The molecule has 1 saturated heterocycles. The molecule has 1 aliphatic rings. The van der Waals surface area contributed by atoms with Crippen molar-refractivity contribution in [1.29, 1.82) is 0 Å². The van der Waals surface area contributed by atoms with Crippen LogP contribution in [0.4, 0.5) is 8.78 Å². The number of amides is 1. The minimum absolute atomic E-state index is 0. The van der Waals surface area contributed by atoms with Gasteiger partial charge in [0.2, 0.25) is 0 Å². The Kier molecular flexibility index (Phi) is 7.19. The molecule has 1 aliphatic heterocycles. The maximum Gasteiger partial charge on any atom is 0.251 e. The normalized spacial score (nSPS) is 16.7. The number of ether oxygens (including phenoxy) is 1. The van der Waals surface area contributed by atoms with E-state index in [2.05, 4.69) is 10.6 Å². The van der Waals surface area contributed by atoms with E-state index in [1.54, 1.807) is 7.11 Å². The Morgan fingerprint density at radius 3 is 2.59 bits per heavy atom. The van der Waals surface area contributed by atoms with E-state index in [4.69, 9.17) is 4.74 Å². The van der Waals surface area contributed by atoms with Gasteiger partial charge in [-0.15, -0.1) is 12.4 Å². The largest absolute Gasteiger partial charge is 0.384 e. The summed E-state index contributed by atoms with van der Waals surface area (Å²) in [6, 6.07) is 3.15. The number of nitrogens with one attached hydrogen (secondary N) is 2. The van der Waals surface area contributed by atoms with Crippen molar-refractivity contribution in [2.45, 2.75) is 12.8 Å². The van der Waals surface area contributed by atoms with Crippen LogP contribution in [0, 0.1) is 17.0 Å². The number of carbonyl (C=O) groups is 1. The molecule has 0 aromatic heterocycles. The van der Waals surface area contributed by atoms with Crippen LogP contribution in [0.1, 0.15) is 23.2 Å². The Hall–Kier alpha value is -1.24. The first-order chi connectivity index (χ1) is 10.1. The number of halogens is 3. The predicted molar refractivity (Wildman–Crippen MR) is 82.4 cm³/mol. The van der Waals surface area contributed by atoms with E-state index < -0.39 is 17.5 Å². The fourth-order valence-electron chi connectivity index (χ4n) is 2.64. The molecule has 1 fully saturated rings. The zero-order chi connectivity index (χ0) is 15.3. The summed E-state index contributed by atoms with van der Waals surface area (Å²) in [4.78, 5) is 12.0. The topological polar surface area (TPSA) is 50.4 Å². The lowest BCUT2D eigenvalue weighted by molar-refractivity contribution is 0.0511. The summed E-state index contributed by atoms with van der Waals surface area (Å²) >= 11 is 0. The van der Waals surface area contributed by atoms with Gasteiger partial charge in [0.15, 0.2) is 11.6 Å². The van der Waals surface area contributed by atoms with Gasteiger partial charge in [0, 0.05) is 24.6 Å². The summed E-state index contributed by atoms with van der Waals surface area (Å²) in [6.07, 6.45) is 1.80. The van der Waals surface area contributed by atoms with E-state index in [1.807, 2.05) is 0 Å². The molecule has 0 unspecified atom stereocenters. The van der Waals surface area contributed by atoms with Crippen LogP contribution in [-0.4, -0.2) is 39.3 Å². The number of benzene rings is 1. The second-order valence-electron chi connectivity index (χ2n) is 5.49. The van der Waals surface area contributed by atoms with Crippen molar-refractivity contribution in [2.75, 3.05) is 33.4 Å². The van der Waals surface area contributed by atoms with Crippen LogP contribution < -0.4 is 10.6 Å². The molecule has 2 N–H and O–H groups in total. The van der Waals surface area contributed by atoms with Gasteiger partial charge >= 0.3 is 0 Å². The van der Waals surface area contributed by atoms with E-state index in [9.17, 15) is 13.6 Å². The summed E-state index contributed by atoms with van der Waals surface area (Å²) < 4.78 is 31.3. The molecule has 0 radical (unpaired) electrons. The SMILES string of the molecule is COCC1(CNC(=O)c2ccc(F)c(F)c2)CCNCC1.Cl. The summed E-state index contributed by atoms with van der Waals surface area (Å²) in [6.45, 7) is 2.78. The second-order valence-corrected chi connectivity index (χ2v) is 5.49. The van der Waals surface area contributed by atoms with Gasteiger partial charge in [-0.25, -0.2) is 8.78 Å². The number of hydrogen-bond donors (Lipinski definition) is 2. The minimum Gasteiger partial charge on any atom is -0.384 e. The van der Waals surface area contributed by atoms with E-state index in [1.165, 1.54) is 6.07 Å². The maximum absolute atomic E-state index is 13.1. The highest BCUT2D eigenvalue weighted by Gasteiger charge is 2.32. The van der Waals surface area contributed by atoms with Crippen molar-refractivity contribution in [3.8, 4) is 0 Å². The monoisotopic (exact) mass is 334 g/mol. The van der Waals surface area contributed by atoms with Gasteiger partial charge in [-0.05, 0) is 44.1 Å². The summed E-state index contributed by atoms with van der Waals surface area (Å²) in [7, 11) is 1.64. The highest BCUT2D eigenvalue weighted by atomic mass is 35.5. The lowest BCUT2D eigenvalue weighted by atomic mass is 9.79. The third-order valence-electron chi connectivity index (χ3n) is 3.92. The third kappa shape index (κ3) is 4.63. The van der Waals surface area contributed by atoms with Gasteiger partial charge in [0.1, 0.15) is 0 Å². The number of rotatable bonds is 5. The maximum atomic E-state index is 13.1. The number of carbonyl (C=O) groups excluding carboxylic acids is 1. The van der Waals surface area contributed by atoms with Crippen LogP contribution in [0.25, 0.3) is 0 Å². The van der Waals surface area contributed by atoms with Crippen molar-refractivity contribution in [2.24, 2.45) is 5.41 Å². The van der Waals surface area contributed by atoms with Gasteiger partial charge < -0.3 is 15.4 Å². The molecule has 4 nitrogen and oxygen atoms in total. The molecular weight excluding hydrogens is 314 g/mol. The smallest absolute Gasteiger partial charge is 0.251 e. The number of hydrogen-bond acceptors (Lipinski definition) is 3. The minimum atomic E-state index is -1.02. The van der Waals surface area contributed by atoms with E-state index in [0.29, 0.717) is 13.2 Å². The lowest BCUT2D eigenvalue weighted by Crippen LogP contribution is -2.47. The molecule has 7 heteroatoms. The summed E-state index contributed by atoms with van der Waals surface area (Å²) in [5.41, 5.74) is 0.0178. The van der Waals surface area contributed by atoms with Crippen molar-refractivity contribution in [3.05, 3.63) is 35.4 Å². The fraction of sp³-hybridized carbons (Fsp3) is 0.533. The predicted octanol–water partition coefficient (Wildman–Crippen LogP) is 2.13. The number of methoxy groups -OCH3 is 1. The highest BCUT2D eigenvalue weighted by Crippen LogP contribution is 2.28. The van der Waals surface area contributed by atoms with E-state index in [-0.39, 0.29) is 23.4 Å². The Balaban J connectivity index is 0.00000242. The van der Waals surface area contributed by atoms with Crippen LogP contribution in [0.2, 0.25) is 0 Å². The molecule has 1 amide bonds. The van der Waals surface area contributed by atoms with Crippen molar-refractivity contribution >= 4 is 18.3 Å². The summed E-state index contributed by atoms with van der Waals surface area (Å²) in [5, 5.41) is 6.08.